The van der Waals surface area contributed by atoms with E-state index in [1.807, 2.05) is 0 Å². The second-order valence-corrected chi connectivity index (χ2v) is 8.78. The number of nitrogen functional groups attached to an aromatic ring is 1. The summed E-state index contributed by atoms with van der Waals surface area (Å²) in [6.45, 7) is -0.469. The second-order valence-electron chi connectivity index (χ2n) is 6.88. The molecular formula is C20H17F2N5O2S. The third-order valence-corrected chi connectivity index (χ3v) is 6.82. The Morgan fingerprint density at radius 3 is 2.23 bits per heavy atom. The summed E-state index contributed by atoms with van der Waals surface area (Å²) in [4.78, 5) is 12.2. The Morgan fingerprint density at radius 2 is 1.60 bits per heavy atom. The summed E-state index contributed by atoms with van der Waals surface area (Å²) in [6, 6.07) is 11.6. The topological polar surface area (TPSA) is 102 Å². The molecule has 1 saturated heterocycles. The number of halogens is 2. The summed E-state index contributed by atoms with van der Waals surface area (Å²) in [5, 5.41) is 0. The van der Waals surface area contributed by atoms with Crippen molar-refractivity contribution in [2.75, 3.05) is 18.8 Å². The molecule has 2 N–H and O–H groups in total. The van der Waals surface area contributed by atoms with Gasteiger partial charge in [-0.05, 0) is 12.1 Å². The van der Waals surface area contributed by atoms with Gasteiger partial charge >= 0.3 is 0 Å². The molecule has 0 unspecified atom stereocenters. The molecule has 0 atom stereocenters. The van der Waals surface area contributed by atoms with Crippen LogP contribution < -0.4 is 5.73 Å². The van der Waals surface area contributed by atoms with Crippen LogP contribution in [-0.4, -0.2) is 46.7 Å². The van der Waals surface area contributed by atoms with Crippen molar-refractivity contribution in [3.63, 3.8) is 0 Å². The molecule has 2 aromatic heterocycles. The van der Waals surface area contributed by atoms with Gasteiger partial charge in [0.1, 0.15) is 0 Å². The monoisotopic (exact) mass is 429 g/mol. The van der Waals surface area contributed by atoms with Crippen molar-refractivity contribution in [3.8, 4) is 22.4 Å². The molecule has 0 saturated carbocycles. The van der Waals surface area contributed by atoms with Crippen molar-refractivity contribution in [1.82, 2.24) is 19.3 Å². The number of sulfonamides is 1. The standard InChI is InChI=1S/C20H17F2N5O2S/c21-20(22)7-9-27(10-8-20)30(28,29)18-4-2-1-3-16(18)14-5-6-17(24-11-14)15-12-25-19(23)26-13-15/h3-6,11-13H,7-10H2,(H2,23,25,26). The first-order valence-electron chi connectivity index (χ1n) is 9.10. The van der Waals surface area contributed by atoms with E-state index in [4.69, 9.17) is 5.73 Å². The van der Waals surface area contributed by atoms with Crippen molar-refractivity contribution in [3.05, 3.63) is 55.0 Å². The van der Waals surface area contributed by atoms with E-state index in [0.717, 1.165) is 4.31 Å². The Bertz CT molecular complexity index is 1140. The third kappa shape index (κ3) is 3.94. The van der Waals surface area contributed by atoms with Crippen LogP contribution in [0.15, 0.2) is 47.8 Å². The summed E-state index contributed by atoms with van der Waals surface area (Å²) in [7, 11) is -3.97. The number of hydrogen-bond acceptors (Lipinski definition) is 6. The zero-order chi connectivity index (χ0) is 21.4. The molecule has 30 heavy (non-hydrogen) atoms. The van der Waals surface area contributed by atoms with E-state index >= 15 is 0 Å². The lowest BCUT2D eigenvalue weighted by Gasteiger charge is -2.31. The highest BCUT2D eigenvalue weighted by Gasteiger charge is 2.39. The Kier molecular flexibility index (Phi) is 5.09. The quantitative estimate of drug-likeness (QED) is 0.684. The van der Waals surface area contributed by atoms with E-state index in [0.29, 0.717) is 22.4 Å². The van der Waals surface area contributed by atoms with Gasteiger partial charge in [-0.15, -0.1) is 0 Å². The average molecular weight is 429 g/mol. The lowest BCUT2D eigenvalue weighted by molar-refractivity contribution is -0.0411. The lowest BCUT2D eigenvalue weighted by atomic mass is 10.1. The summed E-state index contributed by atoms with van der Waals surface area (Å²) in [5.41, 5.74) is 7.65. The van der Waals surface area contributed by atoms with Gasteiger partial charge in [-0.1, -0.05) is 18.2 Å². The van der Waals surface area contributed by atoms with Crippen LogP contribution in [0.3, 0.4) is 0 Å². The molecule has 0 radical (unpaired) electrons. The zero-order valence-corrected chi connectivity index (χ0v) is 16.5. The first-order valence-corrected chi connectivity index (χ1v) is 10.5. The summed E-state index contributed by atoms with van der Waals surface area (Å²) >= 11 is 0. The van der Waals surface area contributed by atoms with Gasteiger partial charge in [-0.3, -0.25) is 4.98 Å². The molecule has 1 aliphatic rings. The van der Waals surface area contributed by atoms with Crippen LogP contribution in [0.4, 0.5) is 14.7 Å². The summed E-state index contributed by atoms with van der Waals surface area (Å²) in [6.07, 6.45) is 3.61. The molecule has 154 valence electrons. The normalized spacial score (nSPS) is 16.7. The largest absolute Gasteiger partial charge is 0.368 e. The first kappa shape index (κ1) is 20.1. The van der Waals surface area contributed by atoms with Crippen molar-refractivity contribution >= 4 is 16.0 Å². The van der Waals surface area contributed by atoms with Gasteiger partial charge in [0, 0.05) is 67.3 Å². The Hall–Kier alpha value is -3.16. The predicted molar refractivity (Wildman–Crippen MR) is 106 cm³/mol. The number of aromatic nitrogens is 3. The smallest absolute Gasteiger partial charge is 0.250 e. The van der Waals surface area contributed by atoms with Crippen LogP contribution in [0.5, 0.6) is 0 Å². The van der Waals surface area contributed by atoms with Crippen LogP contribution in [0.25, 0.3) is 22.4 Å². The molecule has 3 heterocycles. The minimum atomic E-state index is -3.97. The zero-order valence-electron chi connectivity index (χ0n) is 15.7. The van der Waals surface area contributed by atoms with E-state index in [1.54, 1.807) is 12.1 Å². The molecular weight excluding hydrogens is 412 g/mol. The number of hydrogen-bond donors (Lipinski definition) is 1. The van der Waals surface area contributed by atoms with Crippen molar-refractivity contribution < 1.29 is 17.2 Å². The van der Waals surface area contributed by atoms with Crippen LogP contribution in [-0.2, 0) is 10.0 Å². The molecule has 4 rings (SSSR count). The highest BCUT2D eigenvalue weighted by Crippen LogP contribution is 2.33. The van der Waals surface area contributed by atoms with E-state index in [-0.39, 0.29) is 23.9 Å². The van der Waals surface area contributed by atoms with Gasteiger partial charge in [0.2, 0.25) is 16.0 Å². The molecule has 0 spiro atoms. The maximum atomic E-state index is 13.5. The SMILES string of the molecule is Nc1ncc(-c2ccc(-c3cc#ccc3S(=O)(=O)N3CCC(F)(F)CC3)cn2)cn1. The molecule has 1 aliphatic heterocycles. The number of alkyl halides is 2. The Balaban J connectivity index is 1.66. The van der Waals surface area contributed by atoms with Gasteiger partial charge in [0.05, 0.1) is 10.6 Å². The molecule has 0 amide bonds. The van der Waals surface area contributed by atoms with Crippen LogP contribution >= 0.6 is 0 Å². The highest BCUT2D eigenvalue weighted by molar-refractivity contribution is 7.89. The second kappa shape index (κ2) is 7.59. The molecule has 3 aromatic rings. The van der Waals surface area contributed by atoms with E-state index < -0.39 is 28.8 Å². The minimum absolute atomic E-state index is 0.0168. The lowest BCUT2D eigenvalue weighted by Crippen LogP contribution is -2.42. The highest BCUT2D eigenvalue weighted by atomic mass is 32.2. The number of pyridine rings is 1. The van der Waals surface area contributed by atoms with Gasteiger partial charge in [-0.2, -0.15) is 4.31 Å². The number of anilines is 1. The van der Waals surface area contributed by atoms with Gasteiger partial charge < -0.3 is 5.73 Å². The molecule has 10 heteroatoms. The number of nitrogens with two attached hydrogens (primary N) is 1. The van der Waals surface area contributed by atoms with Crippen molar-refractivity contribution in [2.24, 2.45) is 0 Å². The fraction of sp³-hybridized carbons (Fsp3) is 0.250. The Labute approximate surface area is 172 Å². The molecule has 1 fully saturated rings. The number of piperidine rings is 1. The molecule has 0 bridgehead atoms. The van der Waals surface area contributed by atoms with Crippen LogP contribution in [0, 0.1) is 12.1 Å². The summed E-state index contributed by atoms with van der Waals surface area (Å²) < 4.78 is 54.2. The predicted octanol–water partition coefficient (Wildman–Crippen LogP) is 2.81. The van der Waals surface area contributed by atoms with Crippen LogP contribution in [0.1, 0.15) is 12.8 Å². The fourth-order valence-electron chi connectivity index (χ4n) is 3.20. The van der Waals surface area contributed by atoms with Crippen LogP contribution in [0.2, 0.25) is 0 Å². The summed E-state index contributed by atoms with van der Waals surface area (Å²) in [5.74, 6) is -2.69. The van der Waals surface area contributed by atoms with E-state index in [2.05, 4.69) is 27.1 Å². The van der Waals surface area contributed by atoms with E-state index in [1.165, 1.54) is 30.7 Å². The number of rotatable bonds is 4. The maximum absolute atomic E-state index is 13.5. The molecule has 1 aromatic carbocycles. The van der Waals surface area contributed by atoms with Gasteiger partial charge in [-0.25, -0.2) is 27.2 Å². The average Bonchev–Trinajstić information content (AvgIpc) is 2.74. The van der Waals surface area contributed by atoms with Crippen molar-refractivity contribution in [2.45, 2.75) is 23.7 Å². The third-order valence-electron chi connectivity index (χ3n) is 4.88. The van der Waals surface area contributed by atoms with Crippen molar-refractivity contribution in [1.29, 1.82) is 0 Å². The van der Waals surface area contributed by atoms with Gasteiger partial charge in [0.25, 0.3) is 5.92 Å². The van der Waals surface area contributed by atoms with Gasteiger partial charge in [0.15, 0.2) is 0 Å². The Morgan fingerprint density at radius 1 is 0.967 bits per heavy atom. The minimum Gasteiger partial charge on any atom is -0.368 e. The van der Waals surface area contributed by atoms with E-state index in [9.17, 15) is 17.2 Å². The molecule has 7 nitrogen and oxygen atoms in total. The fourth-order valence-corrected chi connectivity index (χ4v) is 4.80. The maximum Gasteiger partial charge on any atom is 0.250 e. The molecule has 0 aliphatic carbocycles. The number of nitrogens with zero attached hydrogens (tertiary/aromatic N) is 4. The first-order chi connectivity index (χ1) is 14.3.